The summed E-state index contributed by atoms with van der Waals surface area (Å²) in [6.07, 6.45) is 1.21. The number of nitrogens with one attached hydrogen (secondary N) is 2. The number of halogens is 2. The van der Waals surface area contributed by atoms with Crippen LogP contribution in [0.2, 0.25) is 0 Å². The molecule has 0 aliphatic rings. The molecule has 0 aliphatic heterocycles. The van der Waals surface area contributed by atoms with Crippen molar-refractivity contribution in [3.05, 3.63) is 38.6 Å². The van der Waals surface area contributed by atoms with Crippen molar-refractivity contribution in [3.8, 4) is 5.75 Å². The van der Waals surface area contributed by atoms with Gasteiger partial charge < -0.3 is 15.5 Å². The van der Waals surface area contributed by atoms with E-state index in [1.54, 1.807) is 7.11 Å². The number of ether oxygens (including phenoxy) is 1. The van der Waals surface area contributed by atoms with Gasteiger partial charge in [0.05, 0.1) is 10.7 Å². The molecule has 1 aromatic carbocycles. The summed E-state index contributed by atoms with van der Waals surface area (Å²) < 4.78 is 5.75. The molecular formula is C11H12ClIN2O. The smallest absolute Gasteiger partial charge is 0.118 e. The van der Waals surface area contributed by atoms with Crippen molar-refractivity contribution in [2.75, 3.05) is 7.11 Å². The molecule has 1 aromatic rings. The van der Waals surface area contributed by atoms with Gasteiger partial charge in [-0.25, -0.2) is 0 Å². The van der Waals surface area contributed by atoms with Gasteiger partial charge in [0.25, 0.3) is 0 Å². The van der Waals surface area contributed by atoms with E-state index in [1.807, 2.05) is 46.9 Å². The molecule has 0 aliphatic carbocycles. The van der Waals surface area contributed by atoms with E-state index in [0.717, 1.165) is 11.3 Å². The average Bonchev–Trinajstić information content (AvgIpc) is 2.35. The van der Waals surface area contributed by atoms with Gasteiger partial charge in [0.1, 0.15) is 10.9 Å². The Kier molecular flexibility index (Phi) is 5.62. The van der Waals surface area contributed by atoms with Gasteiger partial charge in [0.15, 0.2) is 0 Å². The van der Waals surface area contributed by atoms with Crippen molar-refractivity contribution in [1.82, 2.24) is 5.32 Å². The molecule has 0 heterocycles. The Balaban J connectivity index is 2.58. The summed E-state index contributed by atoms with van der Waals surface area (Å²) in [6.45, 7) is 0.628. The van der Waals surface area contributed by atoms with Crippen LogP contribution in [0.15, 0.2) is 33.0 Å². The predicted octanol–water partition coefficient (Wildman–Crippen LogP) is 3.28. The lowest BCUT2D eigenvalue weighted by Crippen LogP contribution is -2.10. The van der Waals surface area contributed by atoms with Crippen LogP contribution in [-0.2, 0) is 6.54 Å². The first-order chi connectivity index (χ1) is 7.67. The monoisotopic (exact) mass is 350 g/mol. The molecule has 0 fully saturated rings. The third-order valence-electron chi connectivity index (χ3n) is 1.94. The van der Waals surface area contributed by atoms with Crippen molar-refractivity contribution in [2.45, 2.75) is 6.54 Å². The van der Waals surface area contributed by atoms with Crippen molar-refractivity contribution in [2.24, 2.45) is 0 Å². The van der Waals surface area contributed by atoms with Crippen LogP contribution in [-0.4, -0.2) is 13.3 Å². The molecule has 0 unspecified atom stereocenters. The third-order valence-corrected chi connectivity index (χ3v) is 3.45. The quantitative estimate of drug-likeness (QED) is 0.486. The predicted molar refractivity (Wildman–Crippen MR) is 75.5 cm³/mol. The minimum absolute atomic E-state index is 0.492. The Bertz CT molecular complexity index is 389. The zero-order valence-corrected chi connectivity index (χ0v) is 11.7. The maximum atomic E-state index is 7.04. The second-order valence-corrected chi connectivity index (χ2v) is 4.55. The van der Waals surface area contributed by atoms with Crippen LogP contribution in [0.3, 0.4) is 0 Å². The van der Waals surface area contributed by atoms with Crippen LogP contribution >= 0.6 is 34.2 Å². The fraction of sp³-hybridized carbons (Fsp3) is 0.182. The number of allylic oxidation sites excluding steroid dienone is 1. The van der Waals surface area contributed by atoms with Crippen LogP contribution in [0.1, 0.15) is 5.56 Å². The minimum atomic E-state index is 0.492. The van der Waals surface area contributed by atoms with Gasteiger partial charge >= 0.3 is 0 Å². The molecule has 3 nitrogen and oxygen atoms in total. The van der Waals surface area contributed by atoms with Gasteiger partial charge in [-0.2, -0.15) is 0 Å². The van der Waals surface area contributed by atoms with Gasteiger partial charge in [0, 0.05) is 12.8 Å². The van der Waals surface area contributed by atoms with Crippen LogP contribution in [0.4, 0.5) is 0 Å². The largest absolute Gasteiger partial charge is 0.497 e. The first-order valence-corrected chi connectivity index (χ1v) is 6.05. The molecule has 0 aromatic heterocycles. The highest BCUT2D eigenvalue weighted by molar-refractivity contribution is 14.1. The topological polar surface area (TPSA) is 45.1 Å². The summed E-state index contributed by atoms with van der Waals surface area (Å²) in [5.74, 6) is 0.833. The molecule has 0 amide bonds. The van der Waals surface area contributed by atoms with Crippen molar-refractivity contribution < 1.29 is 4.74 Å². The van der Waals surface area contributed by atoms with Crippen molar-refractivity contribution in [3.63, 3.8) is 0 Å². The molecule has 5 heteroatoms. The number of rotatable bonds is 5. The lowest BCUT2D eigenvalue weighted by molar-refractivity contribution is 0.414. The number of methoxy groups -OCH3 is 1. The van der Waals surface area contributed by atoms with E-state index < -0.39 is 0 Å². The summed E-state index contributed by atoms with van der Waals surface area (Å²) in [4.78, 5) is 0. The van der Waals surface area contributed by atoms with E-state index in [4.69, 9.17) is 21.7 Å². The highest BCUT2D eigenvalue weighted by Crippen LogP contribution is 2.14. The summed E-state index contributed by atoms with van der Waals surface area (Å²) in [5, 5.41) is 10.6. The third kappa shape index (κ3) is 4.02. The maximum Gasteiger partial charge on any atom is 0.118 e. The fourth-order valence-electron chi connectivity index (χ4n) is 1.07. The Morgan fingerprint density at radius 1 is 1.50 bits per heavy atom. The van der Waals surface area contributed by atoms with Crippen molar-refractivity contribution in [1.29, 1.82) is 5.41 Å². The Hall–Kier alpha value is -0.750. The standard InChI is InChI=1S/C11H12ClIN2O/c1-16-9-4-2-8(3-5-9)7-15-11(12)10(13)6-14/h2-6,14-15H,7H2,1H3/b11-10+,14-6?. The van der Waals surface area contributed by atoms with Gasteiger partial charge in [-0.1, -0.05) is 23.7 Å². The highest BCUT2D eigenvalue weighted by atomic mass is 127. The first-order valence-electron chi connectivity index (χ1n) is 4.60. The van der Waals surface area contributed by atoms with Crippen LogP contribution in [0, 0.1) is 5.41 Å². The molecule has 2 N–H and O–H groups in total. The van der Waals surface area contributed by atoms with Gasteiger partial charge in [-0.3, -0.25) is 0 Å². The van der Waals surface area contributed by atoms with Crippen LogP contribution < -0.4 is 10.1 Å². The first kappa shape index (κ1) is 13.3. The van der Waals surface area contributed by atoms with Gasteiger partial charge in [-0.15, -0.1) is 0 Å². The molecule has 0 bridgehead atoms. The number of hydrogen-bond donors (Lipinski definition) is 2. The summed E-state index contributed by atoms with van der Waals surface area (Å²) in [7, 11) is 1.64. The molecule has 86 valence electrons. The average molecular weight is 351 g/mol. The van der Waals surface area contributed by atoms with E-state index in [-0.39, 0.29) is 0 Å². The second-order valence-electron chi connectivity index (χ2n) is 3.01. The highest BCUT2D eigenvalue weighted by Gasteiger charge is 1.99. The van der Waals surface area contributed by atoms with E-state index in [1.165, 1.54) is 6.21 Å². The molecule has 0 atom stereocenters. The van der Waals surface area contributed by atoms with Gasteiger partial charge in [0.2, 0.25) is 0 Å². The minimum Gasteiger partial charge on any atom is -0.497 e. The second kappa shape index (κ2) is 6.75. The van der Waals surface area contributed by atoms with Crippen molar-refractivity contribution >= 4 is 40.4 Å². The molecule has 0 radical (unpaired) electrons. The van der Waals surface area contributed by atoms with E-state index in [9.17, 15) is 0 Å². The van der Waals surface area contributed by atoms with E-state index in [2.05, 4.69) is 5.32 Å². The van der Waals surface area contributed by atoms with Crippen LogP contribution in [0.25, 0.3) is 0 Å². The molecule has 16 heavy (non-hydrogen) atoms. The number of hydrogen-bond acceptors (Lipinski definition) is 3. The lowest BCUT2D eigenvalue weighted by atomic mass is 10.2. The maximum absolute atomic E-state index is 7.04. The van der Waals surface area contributed by atoms with Gasteiger partial charge in [-0.05, 0) is 40.3 Å². The van der Waals surface area contributed by atoms with E-state index >= 15 is 0 Å². The Morgan fingerprint density at radius 2 is 2.12 bits per heavy atom. The summed E-state index contributed by atoms with van der Waals surface area (Å²) in [6, 6.07) is 7.73. The SMILES string of the molecule is COc1ccc(CN/C(Cl)=C(/I)C=N)cc1. The molecule has 1 rings (SSSR count). The normalized spacial score (nSPS) is 11.7. The molecular weight excluding hydrogens is 338 g/mol. The summed E-state index contributed by atoms with van der Waals surface area (Å²) >= 11 is 7.93. The van der Waals surface area contributed by atoms with Crippen LogP contribution in [0.5, 0.6) is 5.75 Å². The molecule has 0 saturated heterocycles. The lowest BCUT2D eigenvalue weighted by Gasteiger charge is -2.06. The van der Waals surface area contributed by atoms with E-state index in [0.29, 0.717) is 15.3 Å². The Morgan fingerprint density at radius 3 is 2.62 bits per heavy atom. The Labute approximate surface area is 113 Å². The zero-order valence-electron chi connectivity index (χ0n) is 8.76. The fourth-order valence-corrected chi connectivity index (χ4v) is 1.38. The zero-order chi connectivity index (χ0) is 12.0. The number of benzene rings is 1. The molecule has 0 saturated carbocycles. The summed E-state index contributed by atoms with van der Waals surface area (Å²) in [5.41, 5.74) is 1.10. The molecule has 0 spiro atoms.